The number of benzene rings is 8. The zero-order valence-corrected chi connectivity index (χ0v) is 26.1. The van der Waals surface area contributed by atoms with Gasteiger partial charge in [-0.25, -0.2) is 4.98 Å². The molecule has 0 aliphatic rings. The van der Waals surface area contributed by atoms with Crippen molar-refractivity contribution >= 4 is 65.0 Å². The van der Waals surface area contributed by atoms with E-state index in [0.29, 0.717) is 0 Å². The smallest absolute Gasteiger partial charge is 0.0978 e. The summed E-state index contributed by atoms with van der Waals surface area (Å²) in [5.74, 6) is 0. The van der Waals surface area contributed by atoms with E-state index in [1.165, 1.54) is 65.7 Å². The molecule has 0 saturated carbocycles. The highest BCUT2D eigenvalue weighted by Gasteiger charge is 2.15. The molecule has 0 radical (unpaired) electrons. The summed E-state index contributed by atoms with van der Waals surface area (Å²) in [4.78, 5) is 9.83. The van der Waals surface area contributed by atoms with Gasteiger partial charge in [0.15, 0.2) is 0 Å². The molecule has 10 rings (SSSR count). The first-order valence-electron chi connectivity index (χ1n) is 16.4. The van der Waals surface area contributed by atoms with E-state index in [-0.39, 0.29) is 0 Å². The minimum absolute atomic E-state index is 0.937. The fraction of sp³-hybridized carbons (Fsp3) is 0. The third-order valence-electron chi connectivity index (χ3n) is 9.85. The highest BCUT2D eigenvalue weighted by Crippen LogP contribution is 2.40. The van der Waals surface area contributed by atoms with Gasteiger partial charge in [0.2, 0.25) is 0 Å². The normalized spacial score (nSPS) is 11.8. The molecule has 0 N–H and O–H groups in total. The second-order valence-electron chi connectivity index (χ2n) is 12.6. The Balaban J connectivity index is 1.12. The van der Waals surface area contributed by atoms with Crippen LogP contribution in [0.2, 0.25) is 0 Å². The van der Waals surface area contributed by atoms with Crippen LogP contribution >= 0.6 is 0 Å². The fourth-order valence-electron chi connectivity index (χ4n) is 7.52. The van der Waals surface area contributed by atoms with E-state index in [0.717, 1.165) is 32.7 Å². The van der Waals surface area contributed by atoms with Crippen LogP contribution in [-0.4, -0.2) is 9.97 Å². The maximum absolute atomic E-state index is 5.10. The van der Waals surface area contributed by atoms with E-state index in [1.807, 2.05) is 12.3 Å². The van der Waals surface area contributed by atoms with Crippen LogP contribution in [0.5, 0.6) is 0 Å². The predicted molar refractivity (Wildman–Crippen MR) is 203 cm³/mol. The standard InChI is InChI=1S/C46H28N2/c1-2-8-29(9-3-1)34-16-15-30-21-23-39-37(12-6-13-38(39)42(30)28-34)35-19-17-33-27-36(20-18-32(33)26-35)44-40-11-4-5-14-43(40)48-46-41(44)24-22-31-10-7-25-47-45(31)46/h1-28H. The van der Waals surface area contributed by atoms with Gasteiger partial charge in [-0.3, -0.25) is 4.98 Å². The molecule has 2 heterocycles. The van der Waals surface area contributed by atoms with Gasteiger partial charge < -0.3 is 0 Å². The van der Waals surface area contributed by atoms with Crippen molar-refractivity contribution in [1.29, 1.82) is 0 Å². The molecule has 48 heavy (non-hydrogen) atoms. The van der Waals surface area contributed by atoms with Crippen LogP contribution in [0, 0.1) is 0 Å². The molecule has 2 heteroatoms. The number of fused-ring (bicyclic) bond motifs is 8. The molecule has 2 aromatic heterocycles. The second-order valence-corrected chi connectivity index (χ2v) is 12.6. The SMILES string of the molecule is c1ccc(-c2ccc3ccc4c(-c5ccc6cc(-c7c8ccccc8nc8c7ccc7cccnc78)ccc6c5)cccc4c3c2)cc1. The quantitative estimate of drug-likeness (QED) is 0.147. The first-order valence-corrected chi connectivity index (χ1v) is 16.4. The molecule has 0 amide bonds. The Kier molecular flexibility index (Phi) is 5.91. The third kappa shape index (κ3) is 4.20. The summed E-state index contributed by atoms with van der Waals surface area (Å²) < 4.78 is 0. The van der Waals surface area contributed by atoms with Crippen molar-refractivity contribution in [2.45, 2.75) is 0 Å². The number of rotatable bonds is 3. The molecule has 0 fully saturated rings. The highest BCUT2D eigenvalue weighted by atomic mass is 14.7. The summed E-state index contributed by atoms with van der Waals surface area (Å²) in [6.07, 6.45) is 1.85. The second kappa shape index (κ2) is 10.6. The molecule has 2 nitrogen and oxygen atoms in total. The molecule has 0 aliphatic carbocycles. The van der Waals surface area contributed by atoms with Crippen LogP contribution in [0.4, 0.5) is 0 Å². The minimum atomic E-state index is 0.937. The zero-order chi connectivity index (χ0) is 31.6. The van der Waals surface area contributed by atoms with E-state index < -0.39 is 0 Å². The number of hydrogen-bond acceptors (Lipinski definition) is 2. The minimum Gasteiger partial charge on any atom is -0.254 e. The van der Waals surface area contributed by atoms with Gasteiger partial charge in [-0.2, -0.15) is 0 Å². The lowest BCUT2D eigenvalue weighted by molar-refractivity contribution is 1.40. The molecule has 0 unspecified atom stereocenters. The van der Waals surface area contributed by atoms with Gasteiger partial charge in [0.25, 0.3) is 0 Å². The van der Waals surface area contributed by atoms with Crippen LogP contribution < -0.4 is 0 Å². The Morgan fingerprint density at radius 2 is 1.04 bits per heavy atom. The number of aromatic nitrogens is 2. The van der Waals surface area contributed by atoms with Gasteiger partial charge in [0, 0.05) is 27.9 Å². The predicted octanol–water partition coefficient (Wildman–Crippen LogP) is 12.4. The van der Waals surface area contributed by atoms with Crippen LogP contribution in [0.3, 0.4) is 0 Å². The largest absolute Gasteiger partial charge is 0.254 e. The lowest BCUT2D eigenvalue weighted by Crippen LogP contribution is -1.92. The average Bonchev–Trinajstić information content (AvgIpc) is 3.16. The van der Waals surface area contributed by atoms with E-state index in [2.05, 4.69) is 158 Å². The van der Waals surface area contributed by atoms with Crippen LogP contribution in [0.15, 0.2) is 170 Å². The van der Waals surface area contributed by atoms with Gasteiger partial charge in [-0.05, 0) is 90.5 Å². The van der Waals surface area contributed by atoms with Crippen molar-refractivity contribution in [2.24, 2.45) is 0 Å². The fourth-order valence-corrected chi connectivity index (χ4v) is 7.52. The Labute approximate surface area is 277 Å². The Hall–Kier alpha value is -6.38. The van der Waals surface area contributed by atoms with Gasteiger partial charge in [0.05, 0.1) is 16.6 Å². The maximum atomic E-state index is 5.10. The third-order valence-corrected chi connectivity index (χ3v) is 9.85. The summed E-state index contributed by atoms with van der Waals surface area (Å²) in [6.45, 7) is 0. The summed E-state index contributed by atoms with van der Waals surface area (Å²) in [7, 11) is 0. The number of para-hydroxylation sites is 1. The Bertz CT molecular complexity index is 2890. The molecule has 0 bridgehead atoms. The van der Waals surface area contributed by atoms with Crippen molar-refractivity contribution in [3.63, 3.8) is 0 Å². The van der Waals surface area contributed by atoms with E-state index in [9.17, 15) is 0 Å². The van der Waals surface area contributed by atoms with Crippen LogP contribution in [0.1, 0.15) is 0 Å². The summed E-state index contributed by atoms with van der Waals surface area (Å²) in [6, 6.07) is 59.3. The summed E-state index contributed by atoms with van der Waals surface area (Å²) >= 11 is 0. The molecule has 0 spiro atoms. The zero-order valence-electron chi connectivity index (χ0n) is 26.1. The van der Waals surface area contributed by atoms with E-state index in [4.69, 9.17) is 9.97 Å². The molecule has 8 aromatic carbocycles. The van der Waals surface area contributed by atoms with Crippen LogP contribution in [0.25, 0.3) is 98.4 Å². The van der Waals surface area contributed by atoms with Gasteiger partial charge in [-0.15, -0.1) is 0 Å². The van der Waals surface area contributed by atoms with Crippen molar-refractivity contribution in [3.8, 4) is 33.4 Å². The van der Waals surface area contributed by atoms with Gasteiger partial charge in [0.1, 0.15) is 0 Å². The van der Waals surface area contributed by atoms with E-state index in [1.54, 1.807) is 0 Å². The first kappa shape index (κ1) is 26.8. The van der Waals surface area contributed by atoms with Gasteiger partial charge >= 0.3 is 0 Å². The topological polar surface area (TPSA) is 25.8 Å². The lowest BCUT2D eigenvalue weighted by atomic mass is 9.91. The first-order chi connectivity index (χ1) is 23.8. The number of nitrogens with zero attached hydrogens (tertiary/aromatic N) is 2. The van der Waals surface area contributed by atoms with Gasteiger partial charge in [-0.1, -0.05) is 133 Å². The van der Waals surface area contributed by atoms with Crippen molar-refractivity contribution in [2.75, 3.05) is 0 Å². The summed E-state index contributed by atoms with van der Waals surface area (Å²) in [5.41, 5.74) is 10.2. The molecular weight excluding hydrogens is 581 g/mol. The molecule has 0 saturated heterocycles. The van der Waals surface area contributed by atoms with Crippen molar-refractivity contribution in [1.82, 2.24) is 9.97 Å². The lowest BCUT2D eigenvalue weighted by Gasteiger charge is -2.14. The average molecular weight is 609 g/mol. The molecule has 0 atom stereocenters. The molecule has 10 aromatic rings. The highest BCUT2D eigenvalue weighted by molar-refractivity contribution is 6.17. The molecule has 222 valence electrons. The molecule has 0 aliphatic heterocycles. The Morgan fingerprint density at radius 3 is 1.96 bits per heavy atom. The Morgan fingerprint density at radius 1 is 0.333 bits per heavy atom. The monoisotopic (exact) mass is 608 g/mol. The van der Waals surface area contributed by atoms with Crippen molar-refractivity contribution in [3.05, 3.63) is 170 Å². The molecular formula is C46H28N2. The van der Waals surface area contributed by atoms with Crippen molar-refractivity contribution < 1.29 is 0 Å². The van der Waals surface area contributed by atoms with Crippen LogP contribution in [-0.2, 0) is 0 Å². The number of pyridine rings is 2. The summed E-state index contributed by atoms with van der Waals surface area (Å²) in [5, 5.41) is 10.9. The number of hydrogen-bond donors (Lipinski definition) is 0. The maximum Gasteiger partial charge on any atom is 0.0978 e. The van der Waals surface area contributed by atoms with E-state index >= 15 is 0 Å².